The molecule has 4 heteroatoms. The summed E-state index contributed by atoms with van der Waals surface area (Å²) in [7, 11) is 0. The molecule has 1 aliphatic heterocycles. The molecule has 3 atom stereocenters. The van der Waals surface area contributed by atoms with Gasteiger partial charge in [-0.15, -0.1) is 0 Å². The van der Waals surface area contributed by atoms with E-state index in [1.54, 1.807) is 0 Å². The second-order valence-electron chi connectivity index (χ2n) is 6.58. The topological polar surface area (TPSA) is 65.9 Å². The van der Waals surface area contributed by atoms with E-state index in [1.807, 2.05) is 30.3 Å². The minimum Gasteiger partial charge on any atom is -0.356 e. The van der Waals surface area contributed by atoms with Crippen LogP contribution in [0.25, 0.3) is 10.9 Å². The first-order valence-corrected chi connectivity index (χ1v) is 8.06. The van der Waals surface area contributed by atoms with Crippen LogP contribution >= 0.6 is 0 Å². The fourth-order valence-electron chi connectivity index (χ4n) is 4.12. The van der Waals surface area contributed by atoms with Crippen LogP contribution in [0.4, 0.5) is 5.82 Å². The Hall–Kier alpha value is -2.12. The number of nitrogens with zero attached hydrogens (tertiary/aromatic N) is 3. The van der Waals surface area contributed by atoms with Gasteiger partial charge in [0.15, 0.2) is 0 Å². The largest absolute Gasteiger partial charge is 0.356 e. The quantitative estimate of drug-likeness (QED) is 0.877. The molecule has 0 amide bonds. The summed E-state index contributed by atoms with van der Waals surface area (Å²) < 4.78 is 0. The van der Waals surface area contributed by atoms with E-state index in [0.717, 1.165) is 36.2 Å². The number of rotatable bonds is 1. The molecule has 0 spiro atoms. The van der Waals surface area contributed by atoms with E-state index in [-0.39, 0.29) is 0 Å². The first-order chi connectivity index (χ1) is 10.8. The summed E-state index contributed by atoms with van der Waals surface area (Å²) >= 11 is 0. The summed E-state index contributed by atoms with van der Waals surface area (Å²) in [5, 5.41) is 10.4. The third-order valence-corrected chi connectivity index (χ3v) is 5.30. The van der Waals surface area contributed by atoms with Gasteiger partial charge in [-0.25, -0.2) is 4.98 Å². The maximum atomic E-state index is 9.43. The van der Waals surface area contributed by atoms with E-state index in [0.29, 0.717) is 23.4 Å². The number of anilines is 1. The number of pyridine rings is 1. The van der Waals surface area contributed by atoms with Crippen molar-refractivity contribution in [3.05, 3.63) is 35.9 Å². The van der Waals surface area contributed by atoms with Crippen LogP contribution in [0, 0.1) is 23.2 Å². The van der Waals surface area contributed by atoms with Crippen LogP contribution < -0.4 is 10.6 Å². The molecule has 2 aromatic rings. The summed E-state index contributed by atoms with van der Waals surface area (Å²) in [5.74, 6) is 2.19. The molecule has 3 unspecified atom stereocenters. The van der Waals surface area contributed by atoms with E-state index in [4.69, 9.17) is 10.7 Å². The lowest BCUT2D eigenvalue weighted by Crippen LogP contribution is -2.38. The highest BCUT2D eigenvalue weighted by atomic mass is 15.2. The highest BCUT2D eigenvalue weighted by molar-refractivity contribution is 5.86. The SMILES string of the molecule is N#Cc1cc(N2CC3CCCC(N)C3C2)nc2ccccc12. The Labute approximate surface area is 130 Å². The lowest BCUT2D eigenvalue weighted by Gasteiger charge is -2.29. The second kappa shape index (κ2) is 5.26. The molecule has 112 valence electrons. The van der Waals surface area contributed by atoms with Gasteiger partial charge in [0.25, 0.3) is 0 Å². The minimum absolute atomic E-state index is 0.319. The zero-order valence-corrected chi connectivity index (χ0v) is 12.6. The highest BCUT2D eigenvalue weighted by Crippen LogP contribution is 2.37. The molecule has 0 radical (unpaired) electrons. The van der Waals surface area contributed by atoms with Crippen molar-refractivity contribution < 1.29 is 0 Å². The third kappa shape index (κ3) is 2.13. The number of fused-ring (bicyclic) bond motifs is 2. The molecule has 0 bridgehead atoms. The summed E-state index contributed by atoms with van der Waals surface area (Å²) in [4.78, 5) is 7.11. The Morgan fingerprint density at radius 3 is 2.91 bits per heavy atom. The van der Waals surface area contributed by atoms with Gasteiger partial charge in [-0.1, -0.05) is 24.6 Å². The van der Waals surface area contributed by atoms with Crippen LogP contribution in [0.5, 0.6) is 0 Å². The van der Waals surface area contributed by atoms with Gasteiger partial charge in [0, 0.05) is 24.5 Å². The monoisotopic (exact) mass is 292 g/mol. The molecule has 1 aromatic carbocycles. The predicted octanol–water partition coefficient (Wildman–Crippen LogP) is 2.67. The van der Waals surface area contributed by atoms with Crippen molar-refractivity contribution in [3.8, 4) is 6.07 Å². The van der Waals surface area contributed by atoms with Crippen molar-refractivity contribution in [1.29, 1.82) is 5.26 Å². The average Bonchev–Trinajstić information content (AvgIpc) is 2.99. The van der Waals surface area contributed by atoms with Crippen molar-refractivity contribution in [2.75, 3.05) is 18.0 Å². The van der Waals surface area contributed by atoms with Crippen LogP contribution in [0.3, 0.4) is 0 Å². The van der Waals surface area contributed by atoms with Gasteiger partial charge < -0.3 is 10.6 Å². The van der Waals surface area contributed by atoms with Gasteiger partial charge in [0.1, 0.15) is 5.82 Å². The molecule has 1 aromatic heterocycles. The van der Waals surface area contributed by atoms with Gasteiger partial charge in [-0.2, -0.15) is 5.26 Å². The van der Waals surface area contributed by atoms with Gasteiger partial charge in [0.05, 0.1) is 17.1 Å². The maximum absolute atomic E-state index is 9.43. The van der Waals surface area contributed by atoms with Crippen LogP contribution in [0.15, 0.2) is 30.3 Å². The van der Waals surface area contributed by atoms with Gasteiger partial charge >= 0.3 is 0 Å². The molecule has 4 nitrogen and oxygen atoms in total. The minimum atomic E-state index is 0.319. The number of hydrogen-bond donors (Lipinski definition) is 1. The van der Waals surface area contributed by atoms with Crippen LogP contribution in [-0.4, -0.2) is 24.1 Å². The lowest BCUT2D eigenvalue weighted by molar-refractivity contribution is 0.260. The molecular weight excluding hydrogens is 272 g/mol. The van der Waals surface area contributed by atoms with Crippen LogP contribution in [0.2, 0.25) is 0 Å². The van der Waals surface area contributed by atoms with Crippen LogP contribution in [0.1, 0.15) is 24.8 Å². The Kier molecular flexibility index (Phi) is 3.24. The zero-order valence-electron chi connectivity index (χ0n) is 12.6. The van der Waals surface area contributed by atoms with Crippen molar-refractivity contribution in [2.24, 2.45) is 17.6 Å². The van der Waals surface area contributed by atoms with E-state index in [1.165, 1.54) is 12.8 Å². The van der Waals surface area contributed by atoms with E-state index in [9.17, 15) is 5.26 Å². The summed E-state index contributed by atoms with van der Waals surface area (Å²) in [5.41, 5.74) is 7.91. The molecule has 2 N–H and O–H groups in total. The number of aromatic nitrogens is 1. The Bertz CT molecular complexity index is 748. The van der Waals surface area contributed by atoms with Crippen molar-refractivity contribution in [2.45, 2.75) is 25.3 Å². The molecule has 4 rings (SSSR count). The third-order valence-electron chi connectivity index (χ3n) is 5.30. The Morgan fingerprint density at radius 1 is 1.23 bits per heavy atom. The number of nitrogens with two attached hydrogens (primary N) is 1. The second-order valence-corrected chi connectivity index (χ2v) is 6.58. The fraction of sp³-hybridized carbons (Fsp3) is 0.444. The number of nitriles is 1. The first kappa shape index (κ1) is 13.5. The first-order valence-electron chi connectivity index (χ1n) is 8.06. The molecular formula is C18H20N4. The zero-order chi connectivity index (χ0) is 15.1. The number of hydrogen-bond acceptors (Lipinski definition) is 4. The highest BCUT2D eigenvalue weighted by Gasteiger charge is 2.39. The normalized spacial score (nSPS) is 27.6. The average molecular weight is 292 g/mol. The molecule has 1 saturated carbocycles. The summed E-state index contributed by atoms with van der Waals surface area (Å²) in [6.45, 7) is 2.00. The van der Waals surface area contributed by atoms with E-state index >= 15 is 0 Å². The lowest BCUT2D eigenvalue weighted by atomic mass is 9.78. The van der Waals surface area contributed by atoms with Gasteiger partial charge in [-0.3, -0.25) is 0 Å². The molecule has 2 aliphatic rings. The van der Waals surface area contributed by atoms with E-state index in [2.05, 4.69) is 11.0 Å². The van der Waals surface area contributed by atoms with Gasteiger partial charge in [-0.05, 0) is 36.8 Å². The van der Waals surface area contributed by atoms with Crippen molar-refractivity contribution >= 4 is 16.7 Å². The molecule has 22 heavy (non-hydrogen) atoms. The number of benzene rings is 1. The summed E-state index contributed by atoms with van der Waals surface area (Å²) in [6, 6.07) is 12.4. The Balaban J connectivity index is 1.71. The molecule has 1 aliphatic carbocycles. The molecule has 2 heterocycles. The molecule has 1 saturated heterocycles. The van der Waals surface area contributed by atoms with Gasteiger partial charge in [0.2, 0.25) is 0 Å². The predicted molar refractivity (Wildman–Crippen MR) is 87.5 cm³/mol. The molecule has 2 fully saturated rings. The van der Waals surface area contributed by atoms with Crippen LogP contribution in [-0.2, 0) is 0 Å². The number of para-hydroxylation sites is 1. The fourth-order valence-corrected chi connectivity index (χ4v) is 4.12. The van der Waals surface area contributed by atoms with E-state index < -0.39 is 0 Å². The Morgan fingerprint density at radius 2 is 2.09 bits per heavy atom. The van der Waals surface area contributed by atoms with Crippen molar-refractivity contribution in [3.63, 3.8) is 0 Å². The maximum Gasteiger partial charge on any atom is 0.130 e. The van der Waals surface area contributed by atoms with Crippen molar-refractivity contribution in [1.82, 2.24) is 4.98 Å². The smallest absolute Gasteiger partial charge is 0.130 e. The summed E-state index contributed by atoms with van der Waals surface area (Å²) in [6.07, 6.45) is 3.65. The standard InChI is InChI=1S/C18H20N4/c19-9-13-8-18(21-17-7-2-1-5-14(13)17)22-10-12-4-3-6-16(20)15(12)11-22/h1-2,5,7-8,12,15-16H,3-4,6,10-11,20H2.